The zero-order chi connectivity index (χ0) is 13.9. The molecule has 3 aromatic rings. The number of aryl methyl sites for hydroxylation is 3. The van der Waals surface area contributed by atoms with Crippen LogP contribution in [0.25, 0.3) is 10.9 Å². The first-order valence-electron chi connectivity index (χ1n) is 6.81. The molecule has 0 spiro atoms. The summed E-state index contributed by atoms with van der Waals surface area (Å²) in [7, 11) is 0. The number of rotatable bonds is 3. The molecule has 0 atom stereocenters. The lowest BCUT2D eigenvalue weighted by Crippen LogP contribution is -1.95. The molecule has 0 bridgehead atoms. The number of hydrogen-bond acceptors (Lipinski definition) is 1. The molecule has 0 saturated carbocycles. The zero-order valence-electron chi connectivity index (χ0n) is 11.4. The van der Waals surface area contributed by atoms with Gasteiger partial charge in [-0.3, -0.25) is 4.98 Å². The first-order chi connectivity index (χ1) is 9.70. The second-order valence-electron chi connectivity index (χ2n) is 5.13. The first-order valence-corrected chi connectivity index (χ1v) is 7.19. The fourth-order valence-corrected chi connectivity index (χ4v) is 2.58. The van der Waals surface area contributed by atoms with Crippen molar-refractivity contribution in [2.24, 2.45) is 0 Å². The topological polar surface area (TPSA) is 12.9 Å². The van der Waals surface area contributed by atoms with Gasteiger partial charge < -0.3 is 0 Å². The van der Waals surface area contributed by atoms with E-state index in [1.807, 2.05) is 18.2 Å². The van der Waals surface area contributed by atoms with Crippen LogP contribution < -0.4 is 0 Å². The molecule has 0 amide bonds. The number of aromatic nitrogens is 1. The molecule has 0 radical (unpaired) electrons. The molecule has 2 heteroatoms. The lowest BCUT2D eigenvalue weighted by Gasteiger charge is -2.05. The fourth-order valence-electron chi connectivity index (χ4n) is 2.41. The average molecular weight is 282 g/mol. The van der Waals surface area contributed by atoms with Gasteiger partial charge in [0.2, 0.25) is 0 Å². The van der Waals surface area contributed by atoms with Crippen molar-refractivity contribution in [2.45, 2.75) is 19.8 Å². The van der Waals surface area contributed by atoms with E-state index in [2.05, 4.69) is 48.3 Å². The van der Waals surface area contributed by atoms with Crippen LogP contribution in [0.3, 0.4) is 0 Å². The van der Waals surface area contributed by atoms with Gasteiger partial charge in [0.15, 0.2) is 0 Å². The van der Waals surface area contributed by atoms with E-state index in [4.69, 9.17) is 11.6 Å². The van der Waals surface area contributed by atoms with Crippen molar-refractivity contribution in [1.82, 2.24) is 4.98 Å². The molecule has 20 heavy (non-hydrogen) atoms. The molecule has 1 nitrogen and oxygen atoms in total. The standard InChI is InChI=1S/C18H16ClN/c1-13-3-2-4-14(11-13)5-9-17-10-7-15-6-8-16(19)12-18(15)20-17/h2-4,6-8,10-12H,5,9H2,1H3. The van der Waals surface area contributed by atoms with Crippen molar-refractivity contribution < 1.29 is 0 Å². The minimum Gasteiger partial charge on any atom is -0.253 e. The van der Waals surface area contributed by atoms with Crippen LogP contribution in [0.5, 0.6) is 0 Å². The lowest BCUT2D eigenvalue weighted by atomic mass is 10.1. The Labute approximate surface area is 124 Å². The Kier molecular flexibility index (Phi) is 3.70. The largest absolute Gasteiger partial charge is 0.253 e. The third-order valence-electron chi connectivity index (χ3n) is 3.46. The molecule has 0 saturated heterocycles. The van der Waals surface area contributed by atoms with Crippen LogP contribution in [0.1, 0.15) is 16.8 Å². The SMILES string of the molecule is Cc1cccc(CCc2ccc3ccc(Cl)cc3n2)c1. The van der Waals surface area contributed by atoms with Gasteiger partial charge in [-0.25, -0.2) is 0 Å². The lowest BCUT2D eigenvalue weighted by molar-refractivity contribution is 0.921. The van der Waals surface area contributed by atoms with Gasteiger partial charge in [0.05, 0.1) is 5.52 Å². The minimum atomic E-state index is 0.737. The van der Waals surface area contributed by atoms with E-state index < -0.39 is 0 Å². The van der Waals surface area contributed by atoms with E-state index in [0.717, 1.165) is 34.5 Å². The van der Waals surface area contributed by atoms with Gasteiger partial charge in [0, 0.05) is 16.1 Å². The predicted octanol–water partition coefficient (Wildman–Crippen LogP) is 4.98. The third kappa shape index (κ3) is 3.00. The van der Waals surface area contributed by atoms with E-state index >= 15 is 0 Å². The van der Waals surface area contributed by atoms with Gasteiger partial charge in [-0.1, -0.05) is 53.6 Å². The Balaban J connectivity index is 1.80. The Bertz CT molecular complexity index is 749. The highest BCUT2D eigenvalue weighted by molar-refractivity contribution is 6.31. The molecule has 0 aliphatic heterocycles. The Morgan fingerprint density at radius 3 is 2.65 bits per heavy atom. The molecule has 1 aromatic heterocycles. The second-order valence-corrected chi connectivity index (χ2v) is 5.57. The number of pyridine rings is 1. The summed E-state index contributed by atoms with van der Waals surface area (Å²) < 4.78 is 0. The minimum absolute atomic E-state index is 0.737. The van der Waals surface area contributed by atoms with Gasteiger partial charge in [0.25, 0.3) is 0 Å². The molecule has 0 aliphatic carbocycles. The molecule has 2 aromatic carbocycles. The molecule has 0 fully saturated rings. The first kappa shape index (κ1) is 13.1. The van der Waals surface area contributed by atoms with E-state index in [0.29, 0.717) is 0 Å². The quantitative estimate of drug-likeness (QED) is 0.660. The molecule has 0 N–H and O–H groups in total. The van der Waals surface area contributed by atoms with Crippen LogP contribution >= 0.6 is 11.6 Å². The summed E-state index contributed by atoms with van der Waals surface area (Å²) in [6.07, 6.45) is 1.96. The predicted molar refractivity (Wildman–Crippen MR) is 85.3 cm³/mol. The average Bonchev–Trinajstić information content (AvgIpc) is 2.45. The van der Waals surface area contributed by atoms with Crippen LogP contribution in [0.15, 0.2) is 54.6 Å². The van der Waals surface area contributed by atoms with E-state index in [9.17, 15) is 0 Å². The van der Waals surface area contributed by atoms with E-state index in [1.54, 1.807) is 0 Å². The van der Waals surface area contributed by atoms with Gasteiger partial charge in [-0.15, -0.1) is 0 Å². The number of hydrogen-bond donors (Lipinski definition) is 0. The smallest absolute Gasteiger partial charge is 0.0720 e. The van der Waals surface area contributed by atoms with Gasteiger partial charge >= 0.3 is 0 Å². The maximum absolute atomic E-state index is 6.02. The molecule has 0 unspecified atom stereocenters. The Morgan fingerprint density at radius 1 is 0.950 bits per heavy atom. The number of fused-ring (bicyclic) bond motifs is 1. The van der Waals surface area contributed by atoms with E-state index in [1.165, 1.54) is 11.1 Å². The molecule has 100 valence electrons. The number of benzene rings is 2. The van der Waals surface area contributed by atoms with Crippen molar-refractivity contribution in [3.8, 4) is 0 Å². The van der Waals surface area contributed by atoms with Gasteiger partial charge in [-0.05, 0) is 43.5 Å². The zero-order valence-corrected chi connectivity index (χ0v) is 12.2. The van der Waals surface area contributed by atoms with Crippen molar-refractivity contribution in [3.63, 3.8) is 0 Å². The summed E-state index contributed by atoms with van der Waals surface area (Å²) in [4.78, 5) is 4.69. The Morgan fingerprint density at radius 2 is 1.80 bits per heavy atom. The van der Waals surface area contributed by atoms with E-state index in [-0.39, 0.29) is 0 Å². The number of nitrogens with zero attached hydrogens (tertiary/aromatic N) is 1. The summed E-state index contributed by atoms with van der Waals surface area (Å²) in [6, 6.07) is 18.7. The number of halogens is 1. The fraction of sp³-hybridized carbons (Fsp3) is 0.167. The van der Waals surface area contributed by atoms with Crippen LogP contribution in [0.4, 0.5) is 0 Å². The highest BCUT2D eigenvalue weighted by Crippen LogP contribution is 2.18. The molecular weight excluding hydrogens is 266 g/mol. The Hall–Kier alpha value is -1.86. The second kappa shape index (κ2) is 5.64. The third-order valence-corrected chi connectivity index (χ3v) is 3.70. The summed E-state index contributed by atoms with van der Waals surface area (Å²) >= 11 is 6.02. The van der Waals surface area contributed by atoms with Crippen LogP contribution in [-0.2, 0) is 12.8 Å². The monoisotopic (exact) mass is 281 g/mol. The summed E-state index contributed by atoms with van der Waals surface area (Å²) in [5, 5.41) is 1.87. The van der Waals surface area contributed by atoms with Crippen molar-refractivity contribution in [2.75, 3.05) is 0 Å². The molecule has 1 heterocycles. The van der Waals surface area contributed by atoms with Crippen LogP contribution in [-0.4, -0.2) is 4.98 Å². The van der Waals surface area contributed by atoms with Crippen LogP contribution in [0, 0.1) is 6.92 Å². The summed E-state index contributed by atoms with van der Waals surface area (Å²) in [5.74, 6) is 0. The maximum Gasteiger partial charge on any atom is 0.0720 e. The summed E-state index contributed by atoms with van der Waals surface area (Å²) in [5.41, 5.74) is 4.75. The summed E-state index contributed by atoms with van der Waals surface area (Å²) in [6.45, 7) is 2.12. The highest BCUT2D eigenvalue weighted by Gasteiger charge is 2.01. The van der Waals surface area contributed by atoms with Gasteiger partial charge in [0.1, 0.15) is 0 Å². The molecular formula is C18H16ClN. The molecule has 3 rings (SSSR count). The molecule has 0 aliphatic rings. The van der Waals surface area contributed by atoms with Crippen molar-refractivity contribution >= 4 is 22.5 Å². The van der Waals surface area contributed by atoms with Gasteiger partial charge in [-0.2, -0.15) is 0 Å². The normalized spacial score (nSPS) is 10.9. The van der Waals surface area contributed by atoms with Crippen LogP contribution in [0.2, 0.25) is 5.02 Å². The highest BCUT2D eigenvalue weighted by atomic mass is 35.5. The maximum atomic E-state index is 6.02. The van der Waals surface area contributed by atoms with Crippen molar-refractivity contribution in [1.29, 1.82) is 0 Å². The van der Waals surface area contributed by atoms with Crippen molar-refractivity contribution in [3.05, 3.63) is 76.4 Å².